The van der Waals surface area contributed by atoms with E-state index in [0.29, 0.717) is 5.02 Å². The number of carbonyl (C=O) groups is 2. The maximum Gasteiger partial charge on any atom is 0.407 e. The molecule has 1 aromatic rings. The van der Waals surface area contributed by atoms with Crippen molar-refractivity contribution in [3.63, 3.8) is 0 Å². The van der Waals surface area contributed by atoms with Crippen LogP contribution in [0.15, 0.2) is 24.3 Å². The molecule has 0 spiro atoms. The summed E-state index contributed by atoms with van der Waals surface area (Å²) in [6.45, 7) is 7.60. The maximum atomic E-state index is 12.0. The lowest BCUT2D eigenvalue weighted by molar-refractivity contribution is -0.121. The van der Waals surface area contributed by atoms with E-state index in [9.17, 15) is 9.59 Å². The van der Waals surface area contributed by atoms with Crippen LogP contribution in [-0.4, -0.2) is 24.1 Å². The summed E-state index contributed by atoms with van der Waals surface area (Å²) in [5.74, 6) is -0.122. The fourth-order valence-electron chi connectivity index (χ4n) is 1.97. The molecule has 0 aliphatic heterocycles. The third-order valence-corrected chi connectivity index (χ3v) is 3.29. The first kappa shape index (κ1) is 19.3. The first-order valence-corrected chi connectivity index (χ1v) is 8.10. The molecule has 1 rings (SSSR count). The minimum absolute atomic E-state index is 0.0682. The summed E-state index contributed by atoms with van der Waals surface area (Å²) in [7, 11) is 0. The Hall–Kier alpha value is -1.75. The molecule has 5 nitrogen and oxygen atoms in total. The Morgan fingerprint density at radius 2 is 1.83 bits per heavy atom. The Balaban J connectivity index is 2.40. The van der Waals surface area contributed by atoms with E-state index in [2.05, 4.69) is 10.6 Å². The van der Waals surface area contributed by atoms with Crippen molar-refractivity contribution >= 4 is 23.6 Å². The molecule has 0 fully saturated rings. The van der Waals surface area contributed by atoms with Gasteiger partial charge in [0.05, 0.1) is 6.04 Å². The van der Waals surface area contributed by atoms with Gasteiger partial charge in [-0.3, -0.25) is 4.79 Å². The van der Waals surface area contributed by atoms with Gasteiger partial charge in [0.2, 0.25) is 5.91 Å². The van der Waals surface area contributed by atoms with Gasteiger partial charge in [-0.05, 0) is 44.9 Å². The van der Waals surface area contributed by atoms with Gasteiger partial charge in [-0.2, -0.15) is 0 Å². The second-order valence-electron chi connectivity index (χ2n) is 6.26. The van der Waals surface area contributed by atoms with Gasteiger partial charge in [0.1, 0.15) is 5.60 Å². The van der Waals surface area contributed by atoms with Crippen LogP contribution >= 0.6 is 11.6 Å². The molecule has 0 bridgehead atoms. The summed E-state index contributed by atoms with van der Waals surface area (Å²) in [6.07, 6.45) is 0.450. The topological polar surface area (TPSA) is 67.4 Å². The Morgan fingerprint density at radius 1 is 1.22 bits per heavy atom. The summed E-state index contributed by atoms with van der Waals surface area (Å²) >= 11 is 5.87. The fourth-order valence-corrected chi connectivity index (χ4v) is 2.10. The van der Waals surface area contributed by atoms with Crippen molar-refractivity contribution in [3.8, 4) is 0 Å². The Morgan fingerprint density at radius 3 is 2.35 bits per heavy atom. The van der Waals surface area contributed by atoms with E-state index in [0.717, 1.165) is 12.0 Å². The molecule has 1 atom stereocenters. The van der Waals surface area contributed by atoms with Gasteiger partial charge in [0.15, 0.2) is 0 Å². The van der Waals surface area contributed by atoms with Gasteiger partial charge in [-0.25, -0.2) is 4.79 Å². The highest BCUT2D eigenvalue weighted by molar-refractivity contribution is 6.30. The number of benzene rings is 1. The lowest BCUT2D eigenvalue weighted by Crippen LogP contribution is -2.35. The molecule has 2 N–H and O–H groups in total. The third-order valence-electron chi connectivity index (χ3n) is 3.04. The number of halogens is 1. The van der Waals surface area contributed by atoms with Crippen molar-refractivity contribution in [3.05, 3.63) is 34.9 Å². The molecule has 2 amide bonds. The number of amides is 2. The average molecular weight is 341 g/mol. The maximum absolute atomic E-state index is 12.0. The molecule has 0 saturated heterocycles. The first-order chi connectivity index (χ1) is 10.7. The SMILES string of the molecule is CCC(NC(=O)CCNC(=O)OC(C)(C)C)c1ccc(Cl)cc1. The quantitative estimate of drug-likeness (QED) is 0.827. The molecule has 0 aliphatic rings. The molecule has 0 radical (unpaired) electrons. The van der Waals surface area contributed by atoms with Crippen molar-refractivity contribution in [2.45, 2.75) is 52.2 Å². The lowest BCUT2D eigenvalue weighted by Gasteiger charge is -2.20. The molecule has 0 saturated carbocycles. The smallest absolute Gasteiger partial charge is 0.407 e. The molecular formula is C17H25ClN2O3. The Kier molecular flexibility index (Phi) is 7.36. The number of carbonyl (C=O) groups excluding carboxylic acids is 2. The standard InChI is InChI=1S/C17H25ClN2O3/c1-5-14(12-6-8-13(18)9-7-12)20-15(21)10-11-19-16(22)23-17(2,3)4/h6-9,14H,5,10-11H2,1-4H3,(H,19,22)(H,20,21). The van der Waals surface area contributed by atoms with Gasteiger partial charge in [0, 0.05) is 18.0 Å². The van der Waals surface area contributed by atoms with E-state index >= 15 is 0 Å². The summed E-state index contributed by atoms with van der Waals surface area (Å²) in [6, 6.07) is 7.33. The van der Waals surface area contributed by atoms with Gasteiger partial charge in [-0.15, -0.1) is 0 Å². The van der Waals surface area contributed by atoms with E-state index in [4.69, 9.17) is 16.3 Å². The van der Waals surface area contributed by atoms with Crippen LogP contribution in [0.5, 0.6) is 0 Å². The molecular weight excluding hydrogens is 316 g/mol. The van der Waals surface area contributed by atoms with Crippen molar-refractivity contribution in [2.75, 3.05) is 6.54 Å². The molecule has 6 heteroatoms. The summed E-state index contributed by atoms with van der Waals surface area (Å²) in [5.41, 5.74) is 0.458. The fraction of sp³-hybridized carbons (Fsp3) is 0.529. The highest BCUT2D eigenvalue weighted by Crippen LogP contribution is 2.19. The van der Waals surface area contributed by atoms with Crippen molar-refractivity contribution in [1.82, 2.24) is 10.6 Å². The highest BCUT2D eigenvalue weighted by atomic mass is 35.5. The van der Waals surface area contributed by atoms with Crippen LogP contribution in [0.4, 0.5) is 4.79 Å². The first-order valence-electron chi connectivity index (χ1n) is 7.73. The minimum atomic E-state index is -0.547. The molecule has 23 heavy (non-hydrogen) atoms. The number of ether oxygens (including phenoxy) is 1. The van der Waals surface area contributed by atoms with E-state index in [1.165, 1.54) is 0 Å². The zero-order chi connectivity index (χ0) is 17.5. The number of nitrogens with one attached hydrogen (secondary N) is 2. The van der Waals surface area contributed by atoms with E-state index in [1.54, 1.807) is 32.9 Å². The third kappa shape index (κ3) is 7.88. The van der Waals surface area contributed by atoms with Crippen LogP contribution in [0.2, 0.25) is 5.02 Å². The predicted octanol–water partition coefficient (Wildman–Crippen LogP) is 3.82. The summed E-state index contributed by atoms with van der Waals surface area (Å²) in [5, 5.41) is 6.18. The van der Waals surface area contributed by atoms with Gasteiger partial charge in [0.25, 0.3) is 0 Å². The highest BCUT2D eigenvalue weighted by Gasteiger charge is 2.16. The van der Waals surface area contributed by atoms with Crippen molar-refractivity contribution in [2.24, 2.45) is 0 Å². The summed E-state index contributed by atoms with van der Waals surface area (Å²) in [4.78, 5) is 23.5. The van der Waals surface area contributed by atoms with Crippen molar-refractivity contribution < 1.29 is 14.3 Å². The van der Waals surface area contributed by atoms with Crippen LogP contribution in [0.25, 0.3) is 0 Å². The lowest BCUT2D eigenvalue weighted by atomic mass is 10.0. The van der Waals surface area contributed by atoms with Crippen LogP contribution in [-0.2, 0) is 9.53 Å². The van der Waals surface area contributed by atoms with Gasteiger partial charge in [-0.1, -0.05) is 30.7 Å². The molecule has 1 unspecified atom stereocenters. The number of rotatable bonds is 6. The largest absolute Gasteiger partial charge is 0.444 e. The Labute approximate surface area is 142 Å². The second-order valence-corrected chi connectivity index (χ2v) is 6.70. The molecule has 0 aliphatic carbocycles. The van der Waals surface area contributed by atoms with Crippen molar-refractivity contribution in [1.29, 1.82) is 0 Å². The van der Waals surface area contributed by atoms with Crippen LogP contribution in [0.1, 0.15) is 52.1 Å². The monoisotopic (exact) mass is 340 g/mol. The van der Waals surface area contributed by atoms with E-state index in [1.807, 2.05) is 19.1 Å². The molecule has 1 aromatic carbocycles. The average Bonchev–Trinajstić information content (AvgIpc) is 2.44. The number of hydrogen-bond donors (Lipinski definition) is 2. The van der Waals surface area contributed by atoms with Gasteiger partial charge >= 0.3 is 6.09 Å². The van der Waals surface area contributed by atoms with Gasteiger partial charge < -0.3 is 15.4 Å². The Bertz CT molecular complexity index is 524. The van der Waals surface area contributed by atoms with E-state index in [-0.39, 0.29) is 24.9 Å². The predicted molar refractivity (Wildman–Crippen MR) is 91.5 cm³/mol. The second kappa shape index (κ2) is 8.77. The number of alkyl carbamates (subject to hydrolysis) is 1. The van der Waals surface area contributed by atoms with Crippen LogP contribution < -0.4 is 10.6 Å². The van der Waals surface area contributed by atoms with Crippen LogP contribution in [0.3, 0.4) is 0 Å². The number of hydrogen-bond acceptors (Lipinski definition) is 3. The normalized spacial score (nSPS) is 12.4. The summed E-state index contributed by atoms with van der Waals surface area (Å²) < 4.78 is 5.11. The zero-order valence-corrected chi connectivity index (χ0v) is 14.9. The molecule has 0 aromatic heterocycles. The zero-order valence-electron chi connectivity index (χ0n) is 14.1. The molecule has 128 valence electrons. The molecule has 0 heterocycles. The van der Waals surface area contributed by atoms with E-state index < -0.39 is 11.7 Å². The minimum Gasteiger partial charge on any atom is -0.444 e. The van der Waals surface area contributed by atoms with Crippen LogP contribution in [0, 0.1) is 0 Å².